The lowest BCUT2D eigenvalue weighted by Gasteiger charge is -2.13. The number of carbonyl (C=O) groups is 2. The number of amides is 2. The van der Waals surface area contributed by atoms with E-state index in [1.807, 2.05) is 74.7 Å². The fraction of sp³-hybridized carbons (Fsp3) is 0.200. The molecule has 3 aromatic rings. The predicted octanol–water partition coefficient (Wildman–Crippen LogP) is 4.93. The van der Waals surface area contributed by atoms with Crippen LogP contribution in [0.4, 0.5) is 0 Å². The highest BCUT2D eigenvalue weighted by atomic mass is 32.1. The van der Waals surface area contributed by atoms with E-state index in [9.17, 15) is 9.59 Å². The van der Waals surface area contributed by atoms with Gasteiger partial charge in [0.1, 0.15) is 11.4 Å². The van der Waals surface area contributed by atoms with Crippen LogP contribution >= 0.6 is 11.3 Å². The van der Waals surface area contributed by atoms with Gasteiger partial charge in [-0.3, -0.25) is 9.59 Å². The molecule has 3 rings (SSSR count). The number of benzene rings is 2. The molecule has 0 aliphatic rings. The first-order chi connectivity index (χ1) is 14.9. The molecule has 2 N–H and O–H groups in total. The van der Waals surface area contributed by atoms with Gasteiger partial charge < -0.3 is 15.4 Å². The normalized spacial score (nSPS) is 11.3. The zero-order chi connectivity index (χ0) is 22.2. The van der Waals surface area contributed by atoms with Gasteiger partial charge in [0.15, 0.2) is 0 Å². The van der Waals surface area contributed by atoms with E-state index >= 15 is 0 Å². The Bertz CT molecular complexity index is 1070. The second-order valence-corrected chi connectivity index (χ2v) is 8.32. The minimum Gasteiger partial charge on any atom is -0.491 e. The smallest absolute Gasteiger partial charge is 0.268 e. The quantitative estimate of drug-likeness (QED) is 0.494. The molecule has 0 radical (unpaired) electrons. The minimum absolute atomic E-state index is 0.0711. The Labute approximate surface area is 186 Å². The number of carbonyl (C=O) groups excluding carboxylic acids is 2. The molecular formula is C25H26N2O3S. The highest BCUT2D eigenvalue weighted by Crippen LogP contribution is 2.16. The Morgan fingerprint density at radius 1 is 1.06 bits per heavy atom. The zero-order valence-corrected chi connectivity index (χ0v) is 18.7. The summed E-state index contributed by atoms with van der Waals surface area (Å²) in [5.74, 6) is 0.0813. The second-order valence-electron chi connectivity index (χ2n) is 7.34. The van der Waals surface area contributed by atoms with Crippen LogP contribution in [0.3, 0.4) is 0 Å². The summed E-state index contributed by atoms with van der Waals surface area (Å²) >= 11 is 1.49. The third-order valence-electron chi connectivity index (χ3n) is 4.44. The van der Waals surface area contributed by atoms with Gasteiger partial charge in [0.25, 0.3) is 11.8 Å². The van der Waals surface area contributed by atoms with Gasteiger partial charge in [-0.25, -0.2) is 0 Å². The van der Waals surface area contributed by atoms with Crippen LogP contribution in [0.1, 0.15) is 40.2 Å². The highest BCUT2D eigenvalue weighted by Gasteiger charge is 2.16. The maximum atomic E-state index is 12.9. The number of aryl methyl sites for hydroxylation is 1. The van der Waals surface area contributed by atoms with Crippen LogP contribution in [0.25, 0.3) is 6.08 Å². The maximum absolute atomic E-state index is 12.9. The highest BCUT2D eigenvalue weighted by molar-refractivity contribution is 7.10. The van der Waals surface area contributed by atoms with Crippen molar-refractivity contribution in [3.63, 3.8) is 0 Å². The molecule has 0 saturated carbocycles. The largest absolute Gasteiger partial charge is 0.491 e. The first-order valence-electron chi connectivity index (χ1n) is 10.1. The average Bonchev–Trinajstić information content (AvgIpc) is 3.25. The van der Waals surface area contributed by atoms with Gasteiger partial charge in [0.2, 0.25) is 0 Å². The van der Waals surface area contributed by atoms with Crippen molar-refractivity contribution >= 4 is 29.2 Å². The van der Waals surface area contributed by atoms with Crippen LogP contribution in [0.5, 0.6) is 5.75 Å². The predicted molar refractivity (Wildman–Crippen MR) is 125 cm³/mol. The van der Waals surface area contributed by atoms with Crippen molar-refractivity contribution in [2.24, 2.45) is 0 Å². The Hall–Kier alpha value is -3.38. The Morgan fingerprint density at radius 3 is 2.58 bits per heavy atom. The number of hydrogen-bond acceptors (Lipinski definition) is 4. The summed E-state index contributed by atoms with van der Waals surface area (Å²) in [6, 6.07) is 18.7. The molecule has 0 saturated heterocycles. The topological polar surface area (TPSA) is 67.4 Å². The molecule has 0 unspecified atom stereocenters. The molecule has 1 heterocycles. The van der Waals surface area contributed by atoms with Crippen molar-refractivity contribution < 1.29 is 14.3 Å². The van der Waals surface area contributed by atoms with Gasteiger partial charge in [0.05, 0.1) is 6.10 Å². The molecule has 2 amide bonds. The van der Waals surface area contributed by atoms with Gasteiger partial charge in [-0.05, 0) is 67.6 Å². The van der Waals surface area contributed by atoms with Gasteiger partial charge in [0, 0.05) is 17.0 Å². The molecule has 0 aliphatic heterocycles. The Kier molecular flexibility index (Phi) is 7.62. The van der Waals surface area contributed by atoms with Crippen LogP contribution in [0.2, 0.25) is 0 Å². The molecule has 1 aromatic heterocycles. The van der Waals surface area contributed by atoms with Crippen molar-refractivity contribution in [2.75, 3.05) is 0 Å². The third kappa shape index (κ3) is 6.55. The molecule has 160 valence electrons. The fourth-order valence-corrected chi connectivity index (χ4v) is 3.63. The summed E-state index contributed by atoms with van der Waals surface area (Å²) in [5, 5.41) is 7.59. The molecule has 6 heteroatoms. The number of hydrogen-bond donors (Lipinski definition) is 2. The van der Waals surface area contributed by atoms with E-state index in [0.717, 1.165) is 21.8 Å². The van der Waals surface area contributed by atoms with Gasteiger partial charge in [-0.1, -0.05) is 36.4 Å². The summed E-state index contributed by atoms with van der Waals surface area (Å²) in [6.07, 6.45) is 1.76. The van der Waals surface area contributed by atoms with Crippen LogP contribution in [-0.2, 0) is 11.3 Å². The van der Waals surface area contributed by atoms with Crippen molar-refractivity contribution in [1.29, 1.82) is 0 Å². The molecule has 5 nitrogen and oxygen atoms in total. The summed E-state index contributed by atoms with van der Waals surface area (Å²) in [7, 11) is 0. The standard InChI is InChI=1S/C25H26N2O3S/c1-17(2)30-20-10-6-9-19(14-20)16-26-25(29)23(15-21-11-7-13-31-21)27-24(28)22-12-5-4-8-18(22)3/h4-15,17H,16H2,1-3H3,(H,26,29)(H,27,28)/b23-15-. The summed E-state index contributed by atoms with van der Waals surface area (Å²) in [4.78, 5) is 26.6. The van der Waals surface area contributed by atoms with Crippen LogP contribution < -0.4 is 15.4 Å². The first-order valence-corrected chi connectivity index (χ1v) is 11.0. The maximum Gasteiger partial charge on any atom is 0.268 e. The van der Waals surface area contributed by atoms with Gasteiger partial charge in [-0.15, -0.1) is 11.3 Å². The molecule has 2 aromatic carbocycles. The molecule has 0 aliphatic carbocycles. The molecular weight excluding hydrogens is 408 g/mol. The average molecular weight is 435 g/mol. The molecule has 31 heavy (non-hydrogen) atoms. The van der Waals surface area contributed by atoms with Crippen LogP contribution in [-0.4, -0.2) is 17.9 Å². The van der Waals surface area contributed by atoms with Gasteiger partial charge in [-0.2, -0.15) is 0 Å². The summed E-state index contributed by atoms with van der Waals surface area (Å²) in [5.41, 5.74) is 2.49. The van der Waals surface area contributed by atoms with E-state index in [1.54, 1.807) is 18.2 Å². The second kappa shape index (κ2) is 10.6. The SMILES string of the molecule is Cc1ccccc1C(=O)N/C(=C\c1cccs1)C(=O)NCc1cccc(OC(C)C)c1. The summed E-state index contributed by atoms with van der Waals surface area (Å²) in [6.45, 7) is 6.11. The number of nitrogens with one attached hydrogen (secondary N) is 2. The monoisotopic (exact) mass is 434 g/mol. The Morgan fingerprint density at radius 2 is 1.87 bits per heavy atom. The lowest BCUT2D eigenvalue weighted by atomic mass is 10.1. The fourth-order valence-electron chi connectivity index (χ4n) is 2.97. The van der Waals surface area contributed by atoms with Crippen molar-refractivity contribution in [2.45, 2.75) is 33.4 Å². The Balaban J connectivity index is 1.74. The van der Waals surface area contributed by atoms with Crippen LogP contribution in [0.15, 0.2) is 71.7 Å². The lowest BCUT2D eigenvalue weighted by Crippen LogP contribution is -2.34. The van der Waals surface area contributed by atoms with E-state index in [0.29, 0.717) is 12.1 Å². The third-order valence-corrected chi connectivity index (χ3v) is 5.25. The number of thiophene rings is 1. The zero-order valence-electron chi connectivity index (χ0n) is 17.8. The van der Waals surface area contributed by atoms with E-state index < -0.39 is 0 Å². The number of ether oxygens (including phenoxy) is 1. The van der Waals surface area contributed by atoms with Crippen LogP contribution in [0, 0.1) is 6.92 Å². The van der Waals surface area contributed by atoms with Gasteiger partial charge >= 0.3 is 0 Å². The van der Waals surface area contributed by atoms with Crippen molar-refractivity contribution in [1.82, 2.24) is 10.6 Å². The molecule has 0 bridgehead atoms. The molecule has 0 atom stereocenters. The van der Waals surface area contributed by atoms with E-state index in [2.05, 4.69) is 10.6 Å². The molecule has 0 spiro atoms. The van der Waals surface area contributed by atoms with E-state index in [-0.39, 0.29) is 23.6 Å². The summed E-state index contributed by atoms with van der Waals surface area (Å²) < 4.78 is 5.71. The van der Waals surface area contributed by atoms with E-state index in [4.69, 9.17) is 4.74 Å². The van der Waals surface area contributed by atoms with Crippen molar-refractivity contribution in [3.05, 3.63) is 93.3 Å². The lowest BCUT2D eigenvalue weighted by molar-refractivity contribution is -0.117. The van der Waals surface area contributed by atoms with Crippen molar-refractivity contribution in [3.8, 4) is 5.75 Å². The number of rotatable bonds is 8. The van der Waals surface area contributed by atoms with E-state index in [1.165, 1.54) is 11.3 Å². The molecule has 0 fully saturated rings. The minimum atomic E-state index is -0.356. The first kappa shape index (κ1) is 22.3.